The van der Waals surface area contributed by atoms with Crippen LogP contribution in [0.3, 0.4) is 0 Å². The molecule has 0 unspecified atom stereocenters. The number of hydrogen-bond acceptors (Lipinski definition) is 3. The lowest BCUT2D eigenvalue weighted by Gasteiger charge is -2.05. The van der Waals surface area contributed by atoms with Crippen LogP contribution in [-0.2, 0) is 11.3 Å². The average Bonchev–Trinajstić information content (AvgIpc) is 2.91. The van der Waals surface area contributed by atoms with Gasteiger partial charge in [0.05, 0.1) is 22.4 Å². The van der Waals surface area contributed by atoms with Gasteiger partial charge in [0.2, 0.25) is 0 Å². The second-order valence-electron chi connectivity index (χ2n) is 5.39. The van der Waals surface area contributed by atoms with Crippen molar-refractivity contribution in [2.24, 2.45) is 4.99 Å². The highest BCUT2D eigenvalue weighted by Crippen LogP contribution is 2.22. The summed E-state index contributed by atoms with van der Waals surface area (Å²) in [6.45, 7) is 3.46. The van der Waals surface area contributed by atoms with Gasteiger partial charge in [-0.2, -0.15) is 4.99 Å². The van der Waals surface area contributed by atoms with Crippen molar-refractivity contribution in [1.82, 2.24) is 4.57 Å². The molecule has 0 radical (unpaired) electrons. The number of nitrogens with zero attached hydrogens (tertiary/aromatic N) is 2. The first-order valence-corrected chi connectivity index (χ1v) is 9.51. The second kappa shape index (κ2) is 8.20. The molecule has 136 valence electrons. The maximum Gasteiger partial charge on any atom is 0.282 e. The SMILES string of the molecule is CCOCCn1c(=NC(=O)c2ccc(F)cc2F)sc2cc(Br)ccc21. The van der Waals surface area contributed by atoms with Crippen LogP contribution in [0.1, 0.15) is 17.3 Å². The number of benzene rings is 2. The molecule has 0 aliphatic carbocycles. The first-order chi connectivity index (χ1) is 12.5. The van der Waals surface area contributed by atoms with Crippen LogP contribution >= 0.6 is 27.3 Å². The smallest absolute Gasteiger partial charge is 0.282 e. The van der Waals surface area contributed by atoms with Gasteiger partial charge in [-0.3, -0.25) is 4.79 Å². The molecule has 0 spiro atoms. The van der Waals surface area contributed by atoms with Gasteiger partial charge in [0, 0.05) is 23.7 Å². The minimum Gasteiger partial charge on any atom is -0.380 e. The van der Waals surface area contributed by atoms with Crippen molar-refractivity contribution in [3.05, 3.63) is 62.9 Å². The molecule has 3 rings (SSSR count). The Morgan fingerprint density at radius 1 is 1.27 bits per heavy atom. The van der Waals surface area contributed by atoms with Crippen LogP contribution in [-0.4, -0.2) is 23.7 Å². The summed E-state index contributed by atoms with van der Waals surface area (Å²) in [7, 11) is 0. The van der Waals surface area contributed by atoms with Gasteiger partial charge in [-0.15, -0.1) is 0 Å². The van der Waals surface area contributed by atoms with E-state index in [2.05, 4.69) is 20.9 Å². The van der Waals surface area contributed by atoms with Gasteiger partial charge in [0.25, 0.3) is 5.91 Å². The molecule has 0 N–H and O–H groups in total. The Balaban J connectivity index is 2.08. The monoisotopic (exact) mass is 440 g/mol. The molecular formula is C18H15BrF2N2O2S. The quantitative estimate of drug-likeness (QED) is 0.547. The maximum absolute atomic E-state index is 13.9. The zero-order chi connectivity index (χ0) is 18.7. The molecule has 4 nitrogen and oxygen atoms in total. The van der Waals surface area contributed by atoms with Crippen LogP contribution in [0, 0.1) is 11.6 Å². The van der Waals surface area contributed by atoms with Gasteiger partial charge in [-0.05, 0) is 37.3 Å². The van der Waals surface area contributed by atoms with Crippen molar-refractivity contribution in [2.75, 3.05) is 13.2 Å². The molecular weight excluding hydrogens is 426 g/mol. The highest BCUT2D eigenvalue weighted by Gasteiger charge is 2.13. The molecule has 1 heterocycles. The molecule has 0 aliphatic rings. The summed E-state index contributed by atoms with van der Waals surface area (Å²) in [5, 5.41) is 0. The van der Waals surface area contributed by atoms with E-state index in [9.17, 15) is 13.6 Å². The van der Waals surface area contributed by atoms with Crippen molar-refractivity contribution >= 4 is 43.4 Å². The van der Waals surface area contributed by atoms with Crippen LogP contribution in [0.5, 0.6) is 0 Å². The molecule has 0 fully saturated rings. The molecule has 0 atom stereocenters. The van der Waals surface area contributed by atoms with E-state index in [1.165, 1.54) is 11.3 Å². The third kappa shape index (κ3) is 4.08. The van der Waals surface area contributed by atoms with Gasteiger partial charge < -0.3 is 9.30 Å². The van der Waals surface area contributed by atoms with E-state index >= 15 is 0 Å². The summed E-state index contributed by atoms with van der Waals surface area (Å²) >= 11 is 4.75. The Labute approximate surface area is 160 Å². The third-order valence-corrected chi connectivity index (χ3v) is 5.20. The molecule has 0 aliphatic heterocycles. The summed E-state index contributed by atoms with van der Waals surface area (Å²) in [6, 6.07) is 8.57. The maximum atomic E-state index is 13.9. The minimum absolute atomic E-state index is 0.263. The average molecular weight is 441 g/mol. The first kappa shape index (κ1) is 18.9. The number of carbonyl (C=O) groups is 1. The van der Waals surface area contributed by atoms with Crippen LogP contribution < -0.4 is 4.80 Å². The molecule has 3 aromatic rings. The standard InChI is InChI=1S/C18H15BrF2N2O2S/c1-2-25-8-7-23-15-6-3-11(19)9-16(15)26-18(23)22-17(24)13-5-4-12(20)10-14(13)21/h3-6,9-10H,2,7-8H2,1H3. The number of fused-ring (bicyclic) bond motifs is 1. The lowest BCUT2D eigenvalue weighted by atomic mass is 10.2. The summed E-state index contributed by atoms with van der Waals surface area (Å²) in [6.07, 6.45) is 0. The highest BCUT2D eigenvalue weighted by atomic mass is 79.9. The Morgan fingerprint density at radius 3 is 2.81 bits per heavy atom. The number of rotatable bonds is 5. The zero-order valence-electron chi connectivity index (χ0n) is 13.8. The van der Waals surface area contributed by atoms with E-state index in [0.717, 1.165) is 26.8 Å². The van der Waals surface area contributed by atoms with Crippen molar-refractivity contribution in [1.29, 1.82) is 0 Å². The number of halogens is 3. The van der Waals surface area contributed by atoms with Crippen LogP contribution in [0.4, 0.5) is 8.78 Å². The zero-order valence-corrected chi connectivity index (χ0v) is 16.2. The predicted molar refractivity (Wildman–Crippen MR) is 100 cm³/mol. The van der Waals surface area contributed by atoms with E-state index in [0.29, 0.717) is 30.6 Å². The van der Waals surface area contributed by atoms with E-state index in [4.69, 9.17) is 4.74 Å². The van der Waals surface area contributed by atoms with E-state index < -0.39 is 17.5 Å². The third-order valence-electron chi connectivity index (χ3n) is 3.67. The molecule has 8 heteroatoms. The molecule has 2 aromatic carbocycles. The lowest BCUT2D eigenvalue weighted by molar-refractivity contribution is 0.0992. The largest absolute Gasteiger partial charge is 0.380 e. The number of ether oxygens (including phenoxy) is 1. The Bertz CT molecular complexity index is 1030. The fourth-order valence-corrected chi connectivity index (χ4v) is 4.07. The van der Waals surface area contributed by atoms with Gasteiger partial charge in [-0.25, -0.2) is 8.78 Å². The molecule has 0 saturated heterocycles. The number of aromatic nitrogens is 1. The van der Waals surface area contributed by atoms with E-state index in [-0.39, 0.29) is 5.56 Å². The fraction of sp³-hybridized carbons (Fsp3) is 0.222. The fourth-order valence-electron chi connectivity index (χ4n) is 2.46. The van der Waals surface area contributed by atoms with Crippen LogP contribution in [0.25, 0.3) is 10.2 Å². The summed E-state index contributed by atoms with van der Waals surface area (Å²) in [4.78, 5) is 16.9. The molecule has 26 heavy (non-hydrogen) atoms. The van der Waals surface area contributed by atoms with Crippen molar-refractivity contribution in [3.8, 4) is 0 Å². The van der Waals surface area contributed by atoms with Crippen molar-refractivity contribution < 1.29 is 18.3 Å². The van der Waals surface area contributed by atoms with Gasteiger partial charge in [0.15, 0.2) is 4.80 Å². The minimum atomic E-state index is -0.927. The second-order valence-corrected chi connectivity index (χ2v) is 7.31. The lowest BCUT2D eigenvalue weighted by Crippen LogP contribution is -2.20. The Morgan fingerprint density at radius 2 is 2.08 bits per heavy atom. The molecule has 1 aromatic heterocycles. The first-order valence-electron chi connectivity index (χ1n) is 7.90. The van der Waals surface area contributed by atoms with Gasteiger partial charge in [0.1, 0.15) is 11.6 Å². The van der Waals surface area contributed by atoms with Gasteiger partial charge >= 0.3 is 0 Å². The number of hydrogen-bond donors (Lipinski definition) is 0. The van der Waals surface area contributed by atoms with Crippen LogP contribution in [0.15, 0.2) is 45.9 Å². The van der Waals surface area contributed by atoms with Gasteiger partial charge in [-0.1, -0.05) is 27.3 Å². The molecule has 0 saturated carbocycles. The summed E-state index contributed by atoms with van der Waals surface area (Å²) < 4.78 is 36.0. The number of amides is 1. The Hall–Kier alpha value is -1.90. The number of thiazole rings is 1. The highest BCUT2D eigenvalue weighted by molar-refractivity contribution is 9.10. The predicted octanol–water partition coefficient (Wildman–Crippen LogP) is 4.52. The Kier molecular flexibility index (Phi) is 5.95. The normalized spacial score (nSPS) is 12.1. The van der Waals surface area contributed by atoms with Crippen LogP contribution in [0.2, 0.25) is 0 Å². The topological polar surface area (TPSA) is 43.6 Å². The van der Waals surface area contributed by atoms with E-state index in [1.54, 1.807) is 0 Å². The van der Waals surface area contributed by atoms with Crippen molar-refractivity contribution in [2.45, 2.75) is 13.5 Å². The summed E-state index contributed by atoms with van der Waals surface area (Å²) in [5.41, 5.74) is 0.644. The molecule has 0 bridgehead atoms. The van der Waals surface area contributed by atoms with E-state index in [1.807, 2.05) is 29.7 Å². The van der Waals surface area contributed by atoms with Crippen molar-refractivity contribution in [3.63, 3.8) is 0 Å². The summed E-state index contributed by atoms with van der Waals surface area (Å²) in [5.74, 6) is -2.42. The number of carbonyl (C=O) groups excluding carboxylic acids is 1. The molecule has 1 amide bonds.